The summed E-state index contributed by atoms with van der Waals surface area (Å²) in [6, 6.07) is 7.44. The number of carbonyl (C=O) groups is 2. The number of amides is 2. The fraction of sp³-hybridized carbons (Fsp3) is 0.267. The Bertz CT molecular complexity index is 734. The molecule has 0 saturated carbocycles. The third kappa shape index (κ3) is 2.41. The van der Waals surface area contributed by atoms with Crippen LogP contribution < -0.4 is 15.8 Å². The molecule has 2 aromatic rings. The van der Waals surface area contributed by atoms with Crippen LogP contribution in [0.3, 0.4) is 0 Å². The Balaban J connectivity index is 1.99. The summed E-state index contributed by atoms with van der Waals surface area (Å²) in [5.41, 5.74) is 7.53. The van der Waals surface area contributed by atoms with E-state index >= 15 is 0 Å². The summed E-state index contributed by atoms with van der Waals surface area (Å²) in [4.78, 5) is 23.6. The number of rotatable bonds is 4. The van der Waals surface area contributed by atoms with Gasteiger partial charge >= 0.3 is 0 Å². The van der Waals surface area contributed by atoms with Gasteiger partial charge in [-0.1, -0.05) is 12.1 Å². The number of ether oxygens (including phenoxy) is 1. The molecule has 1 aromatic carbocycles. The Morgan fingerprint density at radius 3 is 2.77 bits per heavy atom. The minimum Gasteiger partial charge on any atom is -0.497 e. The lowest BCUT2D eigenvalue weighted by Crippen LogP contribution is -2.34. The van der Waals surface area contributed by atoms with Crippen LogP contribution in [-0.2, 0) is 13.0 Å². The van der Waals surface area contributed by atoms with E-state index in [-0.39, 0.29) is 11.6 Å². The first-order valence-electron chi connectivity index (χ1n) is 6.90. The molecule has 0 fully saturated rings. The lowest BCUT2D eigenvalue weighted by Gasteiger charge is -2.15. The highest BCUT2D eigenvalue weighted by molar-refractivity contribution is 6.00. The second-order valence-electron chi connectivity index (χ2n) is 5.05. The van der Waals surface area contributed by atoms with Crippen molar-refractivity contribution in [2.75, 3.05) is 13.7 Å². The number of benzene rings is 1. The topological polar surface area (TPSA) is 99.2 Å². The maximum absolute atomic E-state index is 12.1. The predicted octanol–water partition coefficient (Wildman–Crippen LogP) is 0.325. The number of nitrogens with two attached hydrogens (primary N) is 1. The first-order chi connectivity index (χ1) is 10.6. The van der Waals surface area contributed by atoms with Gasteiger partial charge in [-0.3, -0.25) is 14.3 Å². The van der Waals surface area contributed by atoms with Gasteiger partial charge in [0.15, 0.2) is 5.69 Å². The molecule has 22 heavy (non-hydrogen) atoms. The molecule has 2 amide bonds. The van der Waals surface area contributed by atoms with Crippen molar-refractivity contribution < 1.29 is 14.3 Å². The Morgan fingerprint density at radius 1 is 1.41 bits per heavy atom. The quantitative estimate of drug-likeness (QED) is 0.849. The minimum atomic E-state index is -0.612. The second-order valence-corrected chi connectivity index (χ2v) is 5.05. The second kappa shape index (κ2) is 5.51. The van der Waals surface area contributed by atoms with E-state index < -0.39 is 5.91 Å². The van der Waals surface area contributed by atoms with Crippen molar-refractivity contribution in [1.29, 1.82) is 0 Å². The number of primary amides is 1. The molecule has 3 N–H and O–H groups in total. The van der Waals surface area contributed by atoms with Crippen molar-refractivity contribution >= 4 is 11.8 Å². The summed E-state index contributed by atoms with van der Waals surface area (Å²) in [5.74, 6) is -0.0870. The first-order valence-corrected chi connectivity index (χ1v) is 6.90. The molecule has 0 unspecified atom stereocenters. The van der Waals surface area contributed by atoms with Crippen molar-refractivity contribution in [3.8, 4) is 5.75 Å². The van der Waals surface area contributed by atoms with Gasteiger partial charge in [-0.2, -0.15) is 5.10 Å². The highest BCUT2D eigenvalue weighted by atomic mass is 16.5. The molecule has 1 aliphatic heterocycles. The highest BCUT2D eigenvalue weighted by Crippen LogP contribution is 2.20. The van der Waals surface area contributed by atoms with Crippen LogP contribution in [0.4, 0.5) is 0 Å². The largest absolute Gasteiger partial charge is 0.497 e. The zero-order valence-corrected chi connectivity index (χ0v) is 12.1. The molecule has 1 aromatic heterocycles. The van der Waals surface area contributed by atoms with Gasteiger partial charge in [0, 0.05) is 12.1 Å². The molecule has 0 spiro atoms. The van der Waals surface area contributed by atoms with Gasteiger partial charge in [-0.15, -0.1) is 0 Å². The van der Waals surface area contributed by atoms with Crippen molar-refractivity contribution in [2.24, 2.45) is 5.73 Å². The molecule has 3 rings (SSSR count). The lowest BCUT2D eigenvalue weighted by molar-refractivity contribution is 0.0935. The van der Waals surface area contributed by atoms with E-state index in [2.05, 4.69) is 10.4 Å². The lowest BCUT2D eigenvalue weighted by atomic mass is 10.0. The van der Waals surface area contributed by atoms with Crippen LogP contribution in [0.25, 0.3) is 0 Å². The van der Waals surface area contributed by atoms with Crippen molar-refractivity contribution in [2.45, 2.75) is 13.0 Å². The zero-order valence-electron chi connectivity index (χ0n) is 12.1. The van der Waals surface area contributed by atoms with Crippen LogP contribution in [0, 0.1) is 0 Å². The van der Waals surface area contributed by atoms with Gasteiger partial charge in [0.05, 0.1) is 13.7 Å². The molecule has 0 bridgehead atoms. The van der Waals surface area contributed by atoms with E-state index in [9.17, 15) is 9.59 Å². The zero-order chi connectivity index (χ0) is 15.7. The van der Waals surface area contributed by atoms with Gasteiger partial charge in [0.25, 0.3) is 11.8 Å². The van der Waals surface area contributed by atoms with Gasteiger partial charge in [-0.05, 0) is 24.1 Å². The average molecular weight is 300 g/mol. The summed E-state index contributed by atoms with van der Waals surface area (Å²) >= 11 is 0. The number of nitrogens with zero attached hydrogens (tertiary/aromatic N) is 2. The molecule has 0 atom stereocenters. The van der Waals surface area contributed by atoms with Crippen LogP contribution in [0.5, 0.6) is 5.75 Å². The van der Waals surface area contributed by atoms with Crippen LogP contribution in [-0.4, -0.2) is 35.2 Å². The van der Waals surface area contributed by atoms with Crippen LogP contribution in [0.1, 0.15) is 32.1 Å². The number of aromatic nitrogens is 2. The molecule has 0 radical (unpaired) electrons. The molecule has 7 heteroatoms. The summed E-state index contributed by atoms with van der Waals surface area (Å²) < 4.78 is 6.65. The number of hydrogen-bond donors (Lipinski definition) is 2. The maximum atomic E-state index is 12.1. The van der Waals surface area contributed by atoms with Crippen molar-refractivity contribution in [3.63, 3.8) is 0 Å². The normalized spacial score (nSPS) is 13.4. The SMILES string of the molecule is COc1ccc(Cn2nc(C(N)=O)c3c2C(=O)NCC3)cc1. The van der Waals surface area contributed by atoms with Crippen LogP contribution >= 0.6 is 0 Å². The number of nitrogens with one attached hydrogen (secondary N) is 1. The number of carbonyl (C=O) groups excluding carboxylic acids is 2. The Morgan fingerprint density at radius 2 is 2.14 bits per heavy atom. The maximum Gasteiger partial charge on any atom is 0.269 e. The van der Waals surface area contributed by atoms with Crippen LogP contribution in [0.2, 0.25) is 0 Å². The molecule has 2 heterocycles. The number of hydrogen-bond acceptors (Lipinski definition) is 4. The Hall–Kier alpha value is -2.83. The smallest absolute Gasteiger partial charge is 0.269 e. The van der Waals surface area contributed by atoms with Crippen molar-refractivity contribution in [3.05, 3.63) is 46.8 Å². The molecule has 7 nitrogen and oxygen atoms in total. The molecule has 114 valence electrons. The molecule has 0 aliphatic carbocycles. The first kappa shape index (κ1) is 14.1. The highest BCUT2D eigenvalue weighted by Gasteiger charge is 2.28. The average Bonchev–Trinajstić information content (AvgIpc) is 2.88. The molecule has 1 aliphatic rings. The van der Waals surface area contributed by atoms with E-state index in [4.69, 9.17) is 10.5 Å². The summed E-state index contributed by atoms with van der Waals surface area (Å²) in [6.07, 6.45) is 0.557. The molecular weight excluding hydrogens is 284 g/mol. The fourth-order valence-corrected chi connectivity index (χ4v) is 2.59. The monoisotopic (exact) mass is 300 g/mol. The van der Waals surface area contributed by atoms with E-state index in [1.54, 1.807) is 7.11 Å². The molecule has 0 saturated heterocycles. The fourth-order valence-electron chi connectivity index (χ4n) is 2.59. The van der Waals surface area contributed by atoms with Gasteiger partial charge in [0.1, 0.15) is 11.4 Å². The summed E-state index contributed by atoms with van der Waals surface area (Å²) in [7, 11) is 1.60. The third-order valence-corrected chi connectivity index (χ3v) is 3.65. The van der Waals surface area contributed by atoms with E-state index in [0.29, 0.717) is 30.8 Å². The number of methoxy groups -OCH3 is 1. The Kier molecular flexibility index (Phi) is 3.54. The summed E-state index contributed by atoms with van der Waals surface area (Å²) in [6.45, 7) is 0.868. The van der Waals surface area contributed by atoms with Crippen LogP contribution in [0.15, 0.2) is 24.3 Å². The van der Waals surface area contributed by atoms with E-state index in [1.165, 1.54) is 4.68 Å². The van der Waals surface area contributed by atoms with Crippen molar-refractivity contribution in [1.82, 2.24) is 15.1 Å². The van der Waals surface area contributed by atoms with E-state index in [1.807, 2.05) is 24.3 Å². The van der Waals surface area contributed by atoms with E-state index in [0.717, 1.165) is 11.3 Å². The third-order valence-electron chi connectivity index (χ3n) is 3.65. The molecular formula is C15H16N4O3. The standard InChI is InChI=1S/C15H16N4O3/c1-22-10-4-2-9(3-5-10)8-19-13-11(6-7-17-15(13)21)12(18-19)14(16)20/h2-5H,6-8H2,1H3,(H2,16,20)(H,17,21). The summed E-state index contributed by atoms with van der Waals surface area (Å²) in [5, 5.41) is 6.99. The van der Waals surface area contributed by atoms with Gasteiger partial charge in [0.2, 0.25) is 0 Å². The van der Waals surface area contributed by atoms with Gasteiger partial charge in [-0.25, -0.2) is 0 Å². The Labute approximate surface area is 127 Å². The predicted molar refractivity (Wildman–Crippen MR) is 78.9 cm³/mol. The minimum absolute atomic E-state index is 0.179. The van der Waals surface area contributed by atoms with Gasteiger partial charge < -0.3 is 15.8 Å². The number of fused-ring (bicyclic) bond motifs is 1.